The summed E-state index contributed by atoms with van der Waals surface area (Å²) in [6, 6.07) is 4.83. The summed E-state index contributed by atoms with van der Waals surface area (Å²) in [6.45, 7) is 1.71. The monoisotopic (exact) mass is 372 g/mol. The fourth-order valence-corrected chi connectivity index (χ4v) is 2.35. The van der Waals surface area contributed by atoms with E-state index in [1.54, 1.807) is 24.7 Å². The van der Waals surface area contributed by atoms with Crippen molar-refractivity contribution >= 4 is 34.0 Å². The van der Waals surface area contributed by atoms with E-state index in [2.05, 4.69) is 32.9 Å². The molecule has 1 heterocycles. The fraction of sp³-hybridized carbons (Fsp3) is 0.250. The van der Waals surface area contributed by atoms with Gasteiger partial charge in [0.2, 0.25) is 0 Å². The van der Waals surface area contributed by atoms with Crippen LogP contribution in [-0.2, 0) is 6.54 Å². The number of imidazole rings is 1. The number of aromatic nitrogens is 2. The van der Waals surface area contributed by atoms with Crippen molar-refractivity contribution in [2.45, 2.75) is 13.0 Å². The topological polar surface area (TPSA) is 73.0 Å². The van der Waals surface area contributed by atoms with Crippen LogP contribution in [0.5, 0.6) is 0 Å². The highest BCUT2D eigenvalue weighted by Crippen LogP contribution is 2.23. The van der Waals surface area contributed by atoms with Crippen LogP contribution in [0.2, 0.25) is 0 Å². The average Bonchev–Trinajstić information content (AvgIpc) is 2.89. The molecule has 0 fully saturated rings. The van der Waals surface area contributed by atoms with Gasteiger partial charge in [0, 0.05) is 46.9 Å². The molecule has 0 aliphatic heterocycles. The van der Waals surface area contributed by atoms with E-state index >= 15 is 0 Å². The zero-order chi connectivity index (χ0) is 13.7. The quantitative estimate of drug-likeness (QED) is 0.366. The van der Waals surface area contributed by atoms with Gasteiger partial charge in [-0.15, -0.1) is 0 Å². The van der Waals surface area contributed by atoms with E-state index in [-0.39, 0.29) is 10.6 Å². The molecule has 0 aliphatic rings. The Morgan fingerprint density at radius 1 is 1.47 bits per heavy atom. The van der Waals surface area contributed by atoms with Crippen LogP contribution in [-0.4, -0.2) is 21.0 Å². The van der Waals surface area contributed by atoms with Gasteiger partial charge in [0.25, 0.3) is 5.69 Å². The van der Waals surface area contributed by atoms with E-state index in [1.807, 2.05) is 10.8 Å². The summed E-state index contributed by atoms with van der Waals surface area (Å²) in [5, 5.41) is 13.9. The molecule has 1 aromatic carbocycles. The number of nitrogens with one attached hydrogen (secondary N) is 1. The van der Waals surface area contributed by atoms with Gasteiger partial charge in [-0.2, -0.15) is 0 Å². The van der Waals surface area contributed by atoms with Gasteiger partial charge in [-0.3, -0.25) is 10.1 Å². The molecule has 0 atom stereocenters. The third kappa shape index (κ3) is 3.91. The molecule has 6 nitrogen and oxygen atoms in total. The van der Waals surface area contributed by atoms with Crippen LogP contribution in [0.4, 0.5) is 11.4 Å². The molecule has 0 spiro atoms. The number of aryl methyl sites for hydroxylation is 1. The first-order valence-electron chi connectivity index (χ1n) is 5.80. The molecule has 0 amide bonds. The lowest BCUT2D eigenvalue weighted by molar-refractivity contribution is -0.384. The maximum atomic E-state index is 10.6. The third-order valence-electron chi connectivity index (χ3n) is 2.63. The largest absolute Gasteiger partial charge is 0.384 e. The molecule has 2 rings (SSSR count). The molecule has 0 aliphatic carbocycles. The molecular formula is C12H13IN4O2. The Balaban J connectivity index is 1.84. The highest BCUT2D eigenvalue weighted by molar-refractivity contribution is 14.1. The molecule has 100 valence electrons. The van der Waals surface area contributed by atoms with Crippen LogP contribution in [0.1, 0.15) is 6.42 Å². The third-order valence-corrected chi connectivity index (χ3v) is 3.52. The Labute approximate surface area is 124 Å². The minimum absolute atomic E-state index is 0.119. The molecule has 1 N–H and O–H groups in total. The van der Waals surface area contributed by atoms with Crippen molar-refractivity contribution in [2.75, 3.05) is 11.9 Å². The van der Waals surface area contributed by atoms with Crippen molar-refractivity contribution in [1.29, 1.82) is 0 Å². The number of non-ortho nitro benzene ring substituents is 1. The maximum Gasteiger partial charge on any atom is 0.270 e. The van der Waals surface area contributed by atoms with Gasteiger partial charge in [0.1, 0.15) is 0 Å². The SMILES string of the molecule is O=[N+]([O-])c1ccc(NCCCn2ccnc2)c(I)c1. The Morgan fingerprint density at radius 2 is 2.32 bits per heavy atom. The molecule has 0 saturated heterocycles. The van der Waals surface area contributed by atoms with E-state index in [0.717, 1.165) is 28.8 Å². The zero-order valence-corrected chi connectivity index (χ0v) is 12.3. The van der Waals surface area contributed by atoms with Gasteiger partial charge in [-0.25, -0.2) is 4.98 Å². The number of benzene rings is 1. The number of hydrogen-bond acceptors (Lipinski definition) is 4. The molecule has 0 unspecified atom stereocenters. The molecule has 2 aromatic rings. The smallest absolute Gasteiger partial charge is 0.270 e. The second-order valence-electron chi connectivity index (χ2n) is 4.00. The van der Waals surface area contributed by atoms with Crippen molar-refractivity contribution in [1.82, 2.24) is 9.55 Å². The minimum atomic E-state index is -0.384. The first-order valence-corrected chi connectivity index (χ1v) is 6.88. The maximum absolute atomic E-state index is 10.6. The van der Waals surface area contributed by atoms with Gasteiger partial charge in [0.05, 0.1) is 11.3 Å². The van der Waals surface area contributed by atoms with Crippen molar-refractivity contribution in [2.24, 2.45) is 0 Å². The highest BCUT2D eigenvalue weighted by Gasteiger charge is 2.08. The highest BCUT2D eigenvalue weighted by atomic mass is 127. The summed E-state index contributed by atoms with van der Waals surface area (Å²) in [5.41, 5.74) is 1.05. The van der Waals surface area contributed by atoms with Crippen molar-refractivity contribution in [3.63, 3.8) is 0 Å². The molecular weight excluding hydrogens is 359 g/mol. The first kappa shape index (κ1) is 13.8. The molecule has 19 heavy (non-hydrogen) atoms. The van der Waals surface area contributed by atoms with Crippen LogP contribution in [0, 0.1) is 13.7 Å². The summed E-state index contributed by atoms with van der Waals surface area (Å²) in [4.78, 5) is 14.2. The number of halogens is 1. The van der Waals surface area contributed by atoms with Crippen LogP contribution in [0.15, 0.2) is 36.9 Å². The van der Waals surface area contributed by atoms with Crippen LogP contribution in [0.25, 0.3) is 0 Å². The van der Waals surface area contributed by atoms with Crippen LogP contribution < -0.4 is 5.32 Å². The van der Waals surface area contributed by atoms with Gasteiger partial charge >= 0.3 is 0 Å². The van der Waals surface area contributed by atoms with Gasteiger partial charge in [0.15, 0.2) is 0 Å². The number of nitrogens with zero attached hydrogens (tertiary/aromatic N) is 3. The lowest BCUT2D eigenvalue weighted by Crippen LogP contribution is -2.06. The summed E-state index contributed by atoms with van der Waals surface area (Å²) in [6.07, 6.45) is 6.43. The Hall–Kier alpha value is -1.64. The Kier molecular flexibility index (Phi) is 4.72. The molecule has 7 heteroatoms. The first-order chi connectivity index (χ1) is 9.16. The molecule has 0 bridgehead atoms. The average molecular weight is 372 g/mol. The van der Waals surface area contributed by atoms with E-state index in [4.69, 9.17) is 0 Å². The van der Waals surface area contributed by atoms with Crippen LogP contribution in [0.3, 0.4) is 0 Å². The summed E-state index contributed by atoms with van der Waals surface area (Å²) >= 11 is 2.10. The summed E-state index contributed by atoms with van der Waals surface area (Å²) < 4.78 is 2.87. The second-order valence-corrected chi connectivity index (χ2v) is 5.16. The van der Waals surface area contributed by atoms with Crippen molar-refractivity contribution < 1.29 is 4.92 Å². The second kappa shape index (κ2) is 6.50. The Bertz CT molecular complexity index is 557. The number of hydrogen-bond donors (Lipinski definition) is 1. The summed E-state index contributed by atoms with van der Waals surface area (Å²) in [7, 11) is 0. The minimum Gasteiger partial charge on any atom is -0.384 e. The number of nitro groups is 1. The van der Waals surface area contributed by atoms with Gasteiger partial charge in [-0.1, -0.05) is 0 Å². The lowest BCUT2D eigenvalue weighted by Gasteiger charge is -2.08. The van der Waals surface area contributed by atoms with E-state index in [0.29, 0.717) is 0 Å². The normalized spacial score (nSPS) is 10.4. The molecule has 0 saturated carbocycles. The number of nitro benzene ring substituents is 1. The summed E-state index contributed by atoms with van der Waals surface area (Å²) in [5.74, 6) is 0. The van der Waals surface area contributed by atoms with Gasteiger partial charge in [-0.05, 0) is 35.1 Å². The number of anilines is 1. The molecule has 1 aromatic heterocycles. The van der Waals surface area contributed by atoms with Crippen molar-refractivity contribution in [3.05, 3.63) is 50.6 Å². The van der Waals surface area contributed by atoms with E-state index < -0.39 is 0 Å². The standard InChI is InChI=1S/C12H13IN4O2/c13-11-8-10(17(18)19)2-3-12(11)15-4-1-6-16-7-5-14-9-16/h2-3,5,7-9,15H,1,4,6H2. The van der Waals surface area contributed by atoms with Crippen molar-refractivity contribution in [3.8, 4) is 0 Å². The van der Waals surface area contributed by atoms with E-state index in [9.17, 15) is 10.1 Å². The Morgan fingerprint density at radius 3 is 2.95 bits per heavy atom. The zero-order valence-electron chi connectivity index (χ0n) is 10.1. The molecule has 0 radical (unpaired) electrons. The van der Waals surface area contributed by atoms with E-state index in [1.165, 1.54) is 6.07 Å². The van der Waals surface area contributed by atoms with Crippen LogP contribution >= 0.6 is 22.6 Å². The fourth-order valence-electron chi connectivity index (χ4n) is 1.66. The lowest BCUT2D eigenvalue weighted by atomic mass is 10.3. The predicted octanol–water partition coefficient (Wildman–Crippen LogP) is 2.90. The number of rotatable bonds is 6. The predicted molar refractivity (Wildman–Crippen MR) is 81.1 cm³/mol. The van der Waals surface area contributed by atoms with Gasteiger partial charge < -0.3 is 9.88 Å².